The molecule has 4 aromatic rings. The van der Waals surface area contributed by atoms with Crippen LogP contribution in [0.1, 0.15) is 24.9 Å². The Kier molecular flexibility index (Phi) is 5.01. The van der Waals surface area contributed by atoms with E-state index in [-0.39, 0.29) is 17.6 Å². The summed E-state index contributed by atoms with van der Waals surface area (Å²) < 4.78 is 9.41. The highest BCUT2D eigenvalue weighted by molar-refractivity contribution is 5.80. The Morgan fingerprint density at radius 2 is 1.75 bits per heavy atom. The fourth-order valence-electron chi connectivity index (χ4n) is 4.44. The Morgan fingerprint density at radius 3 is 2.44 bits per heavy atom. The second-order valence-electron chi connectivity index (χ2n) is 8.13. The zero-order valence-electron chi connectivity index (χ0n) is 18.1. The Balaban J connectivity index is 1.56. The van der Waals surface area contributed by atoms with Crippen LogP contribution in [0.2, 0.25) is 0 Å². The second-order valence-corrected chi connectivity index (χ2v) is 8.13. The number of amides is 1. The van der Waals surface area contributed by atoms with E-state index in [0.717, 1.165) is 34.5 Å². The highest BCUT2D eigenvalue weighted by atomic mass is 16.5. The number of imidazole rings is 1. The van der Waals surface area contributed by atoms with Crippen molar-refractivity contribution in [1.82, 2.24) is 19.0 Å². The molecule has 0 radical (unpaired) electrons. The van der Waals surface area contributed by atoms with Gasteiger partial charge >= 0.3 is 5.69 Å². The number of carbonyl (C=O) groups is 1. The number of hydrogen-bond donors (Lipinski definition) is 0. The zero-order chi connectivity index (χ0) is 22.2. The molecule has 162 valence electrons. The van der Waals surface area contributed by atoms with Gasteiger partial charge in [-0.05, 0) is 55.3 Å². The maximum atomic E-state index is 13.6. The van der Waals surface area contributed by atoms with Crippen molar-refractivity contribution in [3.63, 3.8) is 0 Å². The van der Waals surface area contributed by atoms with Crippen LogP contribution >= 0.6 is 0 Å². The number of nitrogens with zero attached hydrogens (tertiary/aromatic N) is 4. The summed E-state index contributed by atoms with van der Waals surface area (Å²) in [5.41, 5.74) is 3.18. The summed E-state index contributed by atoms with van der Waals surface area (Å²) in [6.07, 6.45) is 4.26. The third-order valence-corrected chi connectivity index (χ3v) is 6.01. The van der Waals surface area contributed by atoms with Gasteiger partial charge < -0.3 is 9.64 Å². The van der Waals surface area contributed by atoms with Gasteiger partial charge in [-0.25, -0.2) is 4.79 Å². The van der Waals surface area contributed by atoms with E-state index in [1.807, 2.05) is 66.1 Å². The molecule has 1 atom stereocenters. The van der Waals surface area contributed by atoms with Crippen LogP contribution in [0.3, 0.4) is 0 Å². The molecule has 0 saturated carbocycles. The molecule has 7 heteroatoms. The van der Waals surface area contributed by atoms with E-state index in [1.54, 1.807) is 28.8 Å². The summed E-state index contributed by atoms with van der Waals surface area (Å²) in [5, 5.41) is 0. The fourth-order valence-corrected chi connectivity index (χ4v) is 4.44. The lowest BCUT2D eigenvalue weighted by Gasteiger charge is -2.15. The third kappa shape index (κ3) is 3.45. The minimum absolute atomic E-state index is 0.0386. The van der Waals surface area contributed by atoms with Crippen LogP contribution in [0.25, 0.3) is 16.7 Å². The second kappa shape index (κ2) is 8.00. The van der Waals surface area contributed by atoms with Gasteiger partial charge in [0.25, 0.3) is 0 Å². The number of fused-ring (bicyclic) bond motifs is 1. The van der Waals surface area contributed by atoms with Crippen molar-refractivity contribution in [1.29, 1.82) is 0 Å². The van der Waals surface area contributed by atoms with Crippen LogP contribution in [-0.4, -0.2) is 38.0 Å². The molecule has 0 spiro atoms. The SMILES string of the molecule is CC(=O)N1CC[C@@H](n2c(=O)n(-c3ccc(Oc4ccccc4)cc3)c3cncc(C)c32)C1. The molecule has 0 aliphatic carbocycles. The van der Waals surface area contributed by atoms with Crippen molar-refractivity contribution in [3.05, 3.63) is 83.0 Å². The van der Waals surface area contributed by atoms with Gasteiger partial charge in [0.15, 0.2) is 0 Å². The standard InChI is InChI=1S/C25H24N4O3/c1-17-14-26-15-23-24(17)29(20-12-13-27(16-20)18(2)30)25(31)28(23)19-8-10-22(11-9-19)32-21-6-4-3-5-7-21/h3-11,14-15,20H,12-13,16H2,1-2H3/t20-/m1/s1. The number of aryl methyl sites for hydroxylation is 1. The van der Waals surface area contributed by atoms with Crippen LogP contribution in [0.5, 0.6) is 11.5 Å². The van der Waals surface area contributed by atoms with E-state index >= 15 is 0 Å². The average molecular weight is 428 g/mol. The summed E-state index contributed by atoms with van der Waals surface area (Å²) in [6.45, 7) is 4.74. The van der Waals surface area contributed by atoms with Gasteiger partial charge in [-0.15, -0.1) is 0 Å². The summed E-state index contributed by atoms with van der Waals surface area (Å²) in [5.74, 6) is 1.49. The van der Waals surface area contributed by atoms with E-state index in [1.165, 1.54) is 0 Å². The number of hydrogen-bond acceptors (Lipinski definition) is 4. The predicted octanol–water partition coefficient (Wildman–Crippen LogP) is 4.08. The molecule has 1 aliphatic rings. The molecule has 3 heterocycles. The van der Waals surface area contributed by atoms with Crippen molar-refractivity contribution in [2.24, 2.45) is 0 Å². The summed E-state index contributed by atoms with van der Waals surface area (Å²) in [7, 11) is 0. The minimum Gasteiger partial charge on any atom is -0.457 e. The molecule has 2 aromatic carbocycles. The lowest BCUT2D eigenvalue weighted by Crippen LogP contribution is -2.30. The van der Waals surface area contributed by atoms with E-state index in [2.05, 4.69) is 4.98 Å². The highest BCUT2D eigenvalue weighted by Crippen LogP contribution is 2.29. The molecule has 5 rings (SSSR count). The molecule has 1 saturated heterocycles. The predicted molar refractivity (Wildman–Crippen MR) is 122 cm³/mol. The molecule has 1 amide bonds. The molecular formula is C25H24N4O3. The van der Waals surface area contributed by atoms with Crippen molar-refractivity contribution in [3.8, 4) is 17.2 Å². The monoisotopic (exact) mass is 428 g/mol. The van der Waals surface area contributed by atoms with Gasteiger partial charge in [-0.2, -0.15) is 0 Å². The number of rotatable bonds is 4. The first-order chi connectivity index (χ1) is 15.5. The zero-order valence-corrected chi connectivity index (χ0v) is 18.1. The van der Waals surface area contributed by atoms with Crippen molar-refractivity contribution in [2.45, 2.75) is 26.3 Å². The van der Waals surface area contributed by atoms with Crippen LogP contribution in [0, 0.1) is 6.92 Å². The fraction of sp³-hybridized carbons (Fsp3) is 0.240. The number of carbonyl (C=O) groups excluding carboxylic acids is 1. The number of aromatic nitrogens is 3. The molecule has 0 bridgehead atoms. The Labute approximate surface area is 185 Å². The van der Waals surface area contributed by atoms with Gasteiger partial charge in [0.2, 0.25) is 5.91 Å². The minimum atomic E-state index is -0.122. The van der Waals surface area contributed by atoms with Crippen molar-refractivity contribution in [2.75, 3.05) is 13.1 Å². The van der Waals surface area contributed by atoms with E-state index in [0.29, 0.717) is 18.8 Å². The van der Waals surface area contributed by atoms with Crippen LogP contribution < -0.4 is 10.4 Å². The van der Waals surface area contributed by atoms with Crippen molar-refractivity contribution < 1.29 is 9.53 Å². The van der Waals surface area contributed by atoms with Gasteiger partial charge in [-0.3, -0.25) is 18.9 Å². The Bertz CT molecular complexity index is 1340. The Morgan fingerprint density at radius 1 is 1.03 bits per heavy atom. The first kappa shape index (κ1) is 20.1. The number of pyridine rings is 1. The lowest BCUT2D eigenvalue weighted by molar-refractivity contribution is -0.127. The van der Waals surface area contributed by atoms with Gasteiger partial charge in [0, 0.05) is 26.2 Å². The highest BCUT2D eigenvalue weighted by Gasteiger charge is 2.30. The molecule has 7 nitrogen and oxygen atoms in total. The molecule has 32 heavy (non-hydrogen) atoms. The van der Waals surface area contributed by atoms with E-state index < -0.39 is 0 Å². The smallest absolute Gasteiger partial charge is 0.334 e. The van der Waals surface area contributed by atoms with Gasteiger partial charge in [0.05, 0.1) is 29.0 Å². The van der Waals surface area contributed by atoms with Crippen LogP contribution in [-0.2, 0) is 4.79 Å². The van der Waals surface area contributed by atoms with Crippen LogP contribution in [0.15, 0.2) is 71.8 Å². The number of para-hydroxylation sites is 1. The summed E-state index contributed by atoms with van der Waals surface area (Å²) in [6, 6.07) is 17.0. The van der Waals surface area contributed by atoms with E-state index in [4.69, 9.17) is 4.74 Å². The maximum absolute atomic E-state index is 13.6. The molecule has 1 aliphatic heterocycles. The van der Waals surface area contributed by atoms with E-state index in [9.17, 15) is 9.59 Å². The van der Waals surface area contributed by atoms with Crippen LogP contribution in [0.4, 0.5) is 0 Å². The first-order valence-corrected chi connectivity index (χ1v) is 10.7. The summed E-state index contributed by atoms with van der Waals surface area (Å²) >= 11 is 0. The quantitative estimate of drug-likeness (QED) is 0.491. The lowest BCUT2D eigenvalue weighted by atomic mass is 10.2. The molecule has 0 N–H and O–H groups in total. The number of likely N-dealkylation sites (tertiary alicyclic amines) is 1. The number of ether oxygens (including phenoxy) is 1. The van der Waals surface area contributed by atoms with Crippen molar-refractivity contribution >= 4 is 16.9 Å². The Hall–Kier alpha value is -3.87. The van der Waals surface area contributed by atoms with Gasteiger partial charge in [0.1, 0.15) is 11.5 Å². The first-order valence-electron chi connectivity index (χ1n) is 10.7. The molecule has 0 unspecified atom stereocenters. The molecule has 1 fully saturated rings. The summed E-state index contributed by atoms with van der Waals surface area (Å²) in [4.78, 5) is 31.6. The number of benzene rings is 2. The largest absolute Gasteiger partial charge is 0.457 e. The van der Waals surface area contributed by atoms with Gasteiger partial charge in [-0.1, -0.05) is 18.2 Å². The topological polar surface area (TPSA) is 69.4 Å². The third-order valence-electron chi connectivity index (χ3n) is 6.01. The molecular weight excluding hydrogens is 404 g/mol. The average Bonchev–Trinajstić information content (AvgIpc) is 3.38. The normalized spacial score (nSPS) is 15.9. The maximum Gasteiger partial charge on any atom is 0.334 e. The molecule has 2 aromatic heterocycles.